The lowest BCUT2D eigenvalue weighted by molar-refractivity contribution is 0.942. The number of unbranched alkanes of at least 4 members (excludes halogenated alkanes) is 1. The van der Waals surface area contributed by atoms with E-state index in [-0.39, 0.29) is 0 Å². The van der Waals surface area contributed by atoms with E-state index in [0.29, 0.717) is 0 Å². The van der Waals surface area contributed by atoms with Crippen LogP contribution < -0.4 is 0 Å². The standard InChI is InChI=1S/C11H18/c1-3-4-5-10(2)6-7-11-8-9-11/h5,7H,3-4,6,8-9H2,1-2H3. The molecule has 0 unspecified atom stereocenters. The van der Waals surface area contributed by atoms with Crippen LogP contribution in [0, 0.1) is 0 Å². The number of rotatable bonds is 4. The van der Waals surface area contributed by atoms with Gasteiger partial charge in [-0.25, -0.2) is 0 Å². The lowest BCUT2D eigenvalue weighted by atomic mass is 10.1. The molecular weight excluding hydrogens is 132 g/mol. The second-order valence-electron chi connectivity index (χ2n) is 3.41. The maximum atomic E-state index is 2.39. The monoisotopic (exact) mass is 150 g/mol. The molecule has 0 bridgehead atoms. The van der Waals surface area contributed by atoms with Crippen LogP contribution in [0.2, 0.25) is 0 Å². The first-order valence-electron chi connectivity index (χ1n) is 4.66. The molecule has 0 heterocycles. The molecule has 0 aliphatic heterocycles. The second-order valence-corrected chi connectivity index (χ2v) is 3.41. The van der Waals surface area contributed by atoms with Crippen LogP contribution in [0.5, 0.6) is 0 Å². The van der Waals surface area contributed by atoms with Gasteiger partial charge in [0.2, 0.25) is 0 Å². The fourth-order valence-electron chi connectivity index (χ4n) is 1.06. The van der Waals surface area contributed by atoms with Crippen molar-refractivity contribution in [2.75, 3.05) is 0 Å². The Morgan fingerprint density at radius 1 is 1.45 bits per heavy atom. The first-order chi connectivity index (χ1) is 5.33. The van der Waals surface area contributed by atoms with Crippen LogP contribution in [-0.4, -0.2) is 0 Å². The SMILES string of the molecule is CCCC=C(C)CC=C1CC1. The molecule has 0 saturated heterocycles. The molecule has 0 heteroatoms. The molecular formula is C11H18. The van der Waals surface area contributed by atoms with Gasteiger partial charge in [-0.15, -0.1) is 0 Å². The highest BCUT2D eigenvalue weighted by atomic mass is 14.1. The van der Waals surface area contributed by atoms with Gasteiger partial charge in [-0.3, -0.25) is 0 Å². The molecule has 0 atom stereocenters. The fraction of sp³-hybridized carbons (Fsp3) is 0.636. The van der Waals surface area contributed by atoms with Gasteiger partial charge in [0, 0.05) is 0 Å². The first-order valence-corrected chi connectivity index (χ1v) is 4.66. The summed E-state index contributed by atoms with van der Waals surface area (Å²) in [7, 11) is 0. The van der Waals surface area contributed by atoms with Gasteiger partial charge in [0.25, 0.3) is 0 Å². The van der Waals surface area contributed by atoms with Crippen molar-refractivity contribution in [2.24, 2.45) is 0 Å². The number of hydrogen-bond donors (Lipinski definition) is 0. The minimum atomic E-state index is 1.19. The maximum absolute atomic E-state index is 2.39. The predicted molar refractivity (Wildman–Crippen MR) is 50.6 cm³/mol. The van der Waals surface area contributed by atoms with Crippen LogP contribution in [0.4, 0.5) is 0 Å². The normalized spacial score (nSPS) is 16.9. The maximum Gasteiger partial charge on any atom is -0.0139 e. The van der Waals surface area contributed by atoms with Crippen molar-refractivity contribution in [1.29, 1.82) is 0 Å². The molecule has 0 N–H and O–H groups in total. The molecule has 1 fully saturated rings. The number of hydrogen-bond acceptors (Lipinski definition) is 0. The molecule has 1 aliphatic rings. The average Bonchev–Trinajstić information content (AvgIpc) is 2.80. The van der Waals surface area contributed by atoms with E-state index < -0.39 is 0 Å². The summed E-state index contributed by atoms with van der Waals surface area (Å²) in [4.78, 5) is 0. The molecule has 62 valence electrons. The van der Waals surface area contributed by atoms with Crippen LogP contribution in [-0.2, 0) is 0 Å². The summed E-state index contributed by atoms with van der Waals surface area (Å²) < 4.78 is 0. The van der Waals surface area contributed by atoms with E-state index in [1.807, 2.05) is 0 Å². The second kappa shape index (κ2) is 4.38. The summed E-state index contributed by atoms with van der Waals surface area (Å²) in [6.07, 6.45) is 11.2. The largest absolute Gasteiger partial charge is 0.0853 e. The van der Waals surface area contributed by atoms with Gasteiger partial charge in [0.15, 0.2) is 0 Å². The summed E-state index contributed by atoms with van der Waals surface area (Å²) in [6.45, 7) is 4.46. The van der Waals surface area contributed by atoms with Gasteiger partial charge in [-0.05, 0) is 32.6 Å². The van der Waals surface area contributed by atoms with Crippen LogP contribution in [0.15, 0.2) is 23.3 Å². The molecule has 11 heavy (non-hydrogen) atoms. The van der Waals surface area contributed by atoms with Gasteiger partial charge in [-0.2, -0.15) is 0 Å². The topological polar surface area (TPSA) is 0 Å². The van der Waals surface area contributed by atoms with Crippen LogP contribution in [0.1, 0.15) is 46.0 Å². The summed E-state index contributed by atoms with van der Waals surface area (Å²) in [5, 5.41) is 0. The van der Waals surface area contributed by atoms with E-state index in [9.17, 15) is 0 Å². The van der Waals surface area contributed by atoms with Gasteiger partial charge in [-0.1, -0.05) is 36.6 Å². The molecule has 0 aromatic heterocycles. The van der Waals surface area contributed by atoms with Crippen LogP contribution in [0.3, 0.4) is 0 Å². The summed E-state index contributed by atoms with van der Waals surface area (Å²) in [5.74, 6) is 0. The molecule has 1 saturated carbocycles. The zero-order chi connectivity index (χ0) is 8.10. The molecule has 1 rings (SSSR count). The molecule has 0 nitrogen and oxygen atoms in total. The van der Waals surface area contributed by atoms with Crippen molar-refractivity contribution >= 4 is 0 Å². The third-order valence-corrected chi connectivity index (χ3v) is 2.03. The van der Waals surface area contributed by atoms with Crippen molar-refractivity contribution in [2.45, 2.75) is 46.0 Å². The molecule has 0 amide bonds. The van der Waals surface area contributed by atoms with Crippen molar-refractivity contribution in [3.05, 3.63) is 23.3 Å². The Balaban J connectivity index is 2.18. The van der Waals surface area contributed by atoms with E-state index in [2.05, 4.69) is 26.0 Å². The fourth-order valence-corrected chi connectivity index (χ4v) is 1.06. The molecule has 0 radical (unpaired) electrons. The summed E-state index contributed by atoms with van der Waals surface area (Å²) in [6, 6.07) is 0. The summed E-state index contributed by atoms with van der Waals surface area (Å²) in [5.41, 5.74) is 3.19. The molecule has 1 aliphatic carbocycles. The van der Waals surface area contributed by atoms with E-state index in [0.717, 1.165) is 0 Å². The zero-order valence-corrected chi connectivity index (χ0v) is 7.69. The minimum Gasteiger partial charge on any atom is -0.0853 e. The van der Waals surface area contributed by atoms with E-state index in [1.54, 1.807) is 5.57 Å². The zero-order valence-electron chi connectivity index (χ0n) is 7.69. The van der Waals surface area contributed by atoms with Crippen molar-refractivity contribution in [3.8, 4) is 0 Å². The van der Waals surface area contributed by atoms with E-state index in [4.69, 9.17) is 0 Å². The Hall–Kier alpha value is -0.520. The Labute approximate surface area is 70.0 Å². The quantitative estimate of drug-likeness (QED) is 0.534. The lowest BCUT2D eigenvalue weighted by Crippen LogP contribution is -1.73. The first kappa shape index (κ1) is 8.58. The Kier molecular flexibility index (Phi) is 3.41. The highest BCUT2D eigenvalue weighted by molar-refractivity contribution is 5.19. The van der Waals surface area contributed by atoms with Crippen LogP contribution >= 0.6 is 0 Å². The van der Waals surface area contributed by atoms with Crippen LogP contribution in [0.25, 0.3) is 0 Å². The Morgan fingerprint density at radius 3 is 2.73 bits per heavy atom. The van der Waals surface area contributed by atoms with Gasteiger partial charge >= 0.3 is 0 Å². The Morgan fingerprint density at radius 2 is 2.18 bits per heavy atom. The molecule has 0 aromatic rings. The number of allylic oxidation sites excluding steroid dienone is 4. The lowest BCUT2D eigenvalue weighted by Gasteiger charge is -1.93. The summed E-state index contributed by atoms with van der Waals surface area (Å²) >= 11 is 0. The third kappa shape index (κ3) is 4.02. The predicted octanol–water partition coefficient (Wildman–Crippen LogP) is 3.84. The highest BCUT2D eigenvalue weighted by Crippen LogP contribution is 2.28. The van der Waals surface area contributed by atoms with Crippen molar-refractivity contribution in [1.82, 2.24) is 0 Å². The Bertz CT molecular complexity index is 166. The molecule has 0 spiro atoms. The van der Waals surface area contributed by atoms with Gasteiger partial charge in [0.05, 0.1) is 0 Å². The van der Waals surface area contributed by atoms with Crippen molar-refractivity contribution in [3.63, 3.8) is 0 Å². The van der Waals surface area contributed by atoms with Crippen molar-refractivity contribution < 1.29 is 0 Å². The average molecular weight is 150 g/mol. The molecule has 0 aromatic carbocycles. The smallest absolute Gasteiger partial charge is 0.0139 e. The highest BCUT2D eigenvalue weighted by Gasteiger charge is 2.08. The van der Waals surface area contributed by atoms with E-state index >= 15 is 0 Å². The van der Waals surface area contributed by atoms with E-state index in [1.165, 1.54) is 37.7 Å². The van der Waals surface area contributed by atoms with Gasteiger partial charge in [0.1, 0.15) is 0 Å². The third-order valence-electron chi connectivity index (χ3n) is 2.03. The minimum absolute atomic E-state index is 1.19. The van der Waals surface area contributed by atoms with Gasteiger partial charge < -0.3 is 0 Å².